The minimum Gasteiger partial charge on any atom is -0.398 e. The average molecular weight is 349 g/mol. The molecule has 2 heterocycles. The number of rotatable bonds is 3. The van der Waals surface area contributed by atoms with Gasteiger partial charge in [0.2, 0.25) is 11.8 Å². The highest BCUT2D eigenvalue weighted by Gasteiger charge is 2.27. The molecule has 2 aromatic carbocycles. The Labute approximate surface area is 153 Å². The first kappa shape index (κ1) is 16.6. The fourth-order valence-electron chi connectivity index (χ4n) is 3.99. The molecule has 0 aromatic heterocycles. The predicted molar refractivity (Wildman–Crippen MR) is 103 cm³/mol. The van der Waals surface area contributed by atoms with Crippen LogP contribution in [0.1, 0.15) is 30.4 Å². The summed E-state index contributed by atoms with van der Waals surface area (Å²) < 4.78 is 0. The van der Waals surface area contributed by atoms with Gasteiger partial charge in [0, 0.05) is 43.0 Å². The summed E-state index contributed by atoms with van der Waals surface area (Å²) in [6.07, 6.45) is 3.42. The van der Waals surface area contributed by atoms with Crippen LogP contribution in [0, 0.1) is 0 Å². The maximum Gasteiger partial charge on any atom is 0.228 e. The van der Waals surface area contributed by atoms with Crippen LogP contribution >= 0.6 is 0 Å². The highest BCUT2D eigenvalue weighted by atomic mass is 16.2. The number of nitrogen functional groups attached to an aromatic ring is 1. The summed E-state index contributed by atoms with van der Waals surface area (Å²) in [4.78, 5) is 28.8. The molecular formula is C21H23N3O2. The van der Waals surface area contributed by atoms with E-state index >= 15 is 0 Å². The van der Waals surface area contributed by atoms with Crippen LogP contribution in [0.2, 0.25) is 0 Å². The maximum atomic E-state index is 12.9. The molecule has 2 amide bonds. The van der Waals surface area contributed by atoms with Crippen molar-refractivity contribution >= 4 is 28.9 Å². The van der Waals surface area contributed by atoms with Gasteiger partial charge in [-0.3, -0.25) is 9.59 Å². The molecule has 0 aliphatic carbocycles. The lowest BCUT2D eigenvalue weighted by atomic mass is 9.99. The first-order valence-electron chi connectivity index (χ1n) is 9.21. The van der Waals surface area contributed by atoms with Gasteiger partial charge in [-0.15, -0.1) is 0 Å². The smallest absolute Gasteiger partial charge is 0.228 e. The van der Waals surface area contributed by atoms with Gasteiger partial charge in [0.1, 0.15) is 0 Å². The lowest BCUT2D eigenvalue weighted by Crippen LogP contribution is -2.41. The van der Waals surface area contributed by atoms with Crippen molar-refractivity contribution in [2.45, 2.75) is 32.1 Å². The molecule has 0 saturated carbocycles. The number of fused-ring (bicyclic) bond motifs is 2. The van der Waals surface area contributed by atoms with Crippen LogP contribution in [0.3, 0.4) is 0 Å². The second kappa shape index (κ2) is 6.83. The second-order valence-electron chi connectivity index (χ2n) is 6.92. The Bertz CT molecular complexity index is 862. The Kier molecular flexibility index (Phi) is 4.37. The third-order valence-electron chi connectivity index (χ3n) is 5.33. The van der Waals surface area contributed by atoms with Crippen molar-refractivity contribution in [3.8, 4) is 0 Å². The van der Waals surface area contributed by atoms with Crippen molar-refractivity contribution in [2.75, 3.05) is 28.6 Å². The van der Waals surface area contributed by atoms with E-state index in [0.717, 1.165) is 41.9 Å². The minimum atomic E-state index is 0.0485. The van der Waals surface area contributed by atoms with E-state index < -0.39 is 0 Å². The molecule has 0 saturated heterocycles. The number of carbonyl (C=O) groups excluding carboxylic acids is 2. The summed E-state index contributed by atoms with van der Waals surface area (Å²) in [5.74, 6) is 0.146. The van der Waals surface area contributed by atoms with Gasteiger partial charge < -0.3 is 15.5 Å². The molecule has 0 radical (unpaired) electrons. The number of amides is 2. The van der Waals surface area contributed by atoms with E-state index in [1.54, 1.807) is 4.90 Å². The zero-order valence-corrected chi connectivity index (χ0v) is 14.8. The van der Waals surface area contributed by atoms with Crippen molar-refractivity contribution in [2.24, 2.45) is 0 Å². The van der Waals surface area contributed by atoms with Gasteiger partial charge >= 0.3 is 0 Å². The summed E-state index contributed by atoms with van der Waals surface area (Å²) in [6, 6.07) is 13.7. The van der Waals surface area contributed by atoms with E-state index in [1.165, 1.54) is 5.56 Å². The van der Waals surface area contributed by atoms with Gasteiger partial charge in [-0.2, -0.15) is 0 Å². The van der Waals surface area contributed by atoms with Gasteiger partial charge in [-0.1, -0.05) is 24.3 Å². The van der Waals surface area contributed by atoms with Crippen LogP contribution < -0.4 is 15.5 Å². The van der Waals surface area contributed by atoms with Gasteiger partial charge in [-0.05, 0) is 48.6 Å². The first-order chi connectivity index (χ1) is 12.6. The lowest BCUT2D eigenvalue weighted by molar-refractivity contribution is -0.119. The Hall–Kier alpha value is -2.82. The van der Waals surface area contributed by atoms with E-state index in [1.807, 2.05) is 41.3 Å². The van der Waals surface area contributed by atoms with Crippen molar-refractivity contribution in [1.82, 2.24) is 0 Å². The molecule has 0 unspecified atom stereocenters. The number of nitrogens with zero attached hydrogens (tertiary/aromatic N) is 2. The fraction of sp³-hybridized carbons (Fsp3) is 0.333. The zero-order valence-electron chi connectivity index (χ0n) is 14.8. The Morgan fingerprint density at radius 3 is 2.69 bits per heavy atom. The molecular weight excluding hydrogens is 326 g/mol. The van der Waals surface area contributed by atoms with E-state index in [9.17, 15) is 9.59 Å². The minimum absolute atomic E-state index is 0.0485. The normalized spacial score (nSPS) is 16.2. The van der Waals surface area contributed by atoms with Gasteiger partial charge in [0.25, 0.3) is 0 Å². The number of hydrogen-bond donors (Lipinski definition) is 1. The Morgan fingerprint density at radius 2 is 1.81 bits per heavy atom. The molecule has 0 atom stereocenters. The Morgan fingerprint density at radius 1 is 1.00 bits per heavy atom. The molecule has 4 rings (SSSR count). The van der Waals surface area contributed by atoms with Crippen LogP contribution in [0.5, 0.6) is 0 Å². The van der Waals surface area contributed by atoms with Gasteiger partial charge in [0.05, 0.1) is 0 Å². The first-order valence-corrected chi connectivity index (χ1v) is 9.21. The lowest BCUT2D eigenvalue weighted by Gasteiger charge is -2.32. The molecule has 2 aliphatic heterocycles. The number of para-hydroxylation sites is 1. The SMILES string of the molecule is Nc1cccc2c1CCCN2C(=O)CCN1C(=O)CCc2ccccc21. The second-order valence-corrected chi connectivity index (χ2v) is 6.92. The molecule has 2 aromatic rings. The van der Waals surface area contributed by atoms with Crippen LogP contribution in [-0.4, -0.2) is 24.9 Å². The van der Waals surface area contributed by atoms with Crippen LogP contribution in [0.4, 0.5) is 17.1 Å². The largest absolute Gasteiger partial charge is 0.398 e. The number of hydrogen-bond acceptors (Lipinski definition) is 3. The molecule has 2 N–H and O–H groups in total. The molecule has 0 spiro atoms. The molecule has 5 heteroatoms. The zero-order chi connectivity index (χ0) is 18.1. The summed E-state index contributed by atoms with van der Waals surface area (Å²) in [7, 11) is 0. The van der Waals surface area contributed by atoms with Crippen molar-refractivity contribution in [3.63, 3.8) is 0 Å². The van der Waals surface area contributed by atoms with E-state index in [2.05, 4.69) is 6.07 Å². The van der Waals surface area contributed by atoms with E-state index in [0.29, 0.717) is 25.9 Å². The van der Waals surface area contributed by atoms with Gasteiger partial charge in [0.15, 0.2) is 0 Å². The number of aryl methyl sites for hydroxylation is 1. The van der Waals surface area contributed by atoms with Gasteiger partial charge in [-0.25, -0.2) is 0 Å². The fourth-order valence-corrected chi connectivity index (χ4v) is 3.99. The number of benzene rings is 2. The van der Waals surface area contributed by atoms with Crippen molar-refractivity contribution in [3.05, 3.63) is 53.6 Å². The standard InChI is InChI=1S/C21H23N3O2/c22-17-7-3-9-19-16(17)6-4-13-23(19)21(26)12-14-24-18-8-2-1-5-15(18)10-11-20(24)25/h1-3,5,7-9H,4,6,10-14,22H2. The molecule has 26 heavy (non-hydrogen) atoms. The number of anilines is 3. The summed E-state index contributed by atoms with van der Waals surface area (Å²) in [5, 5.41) is 0. The molecule has 0 bridgehead atoms. The van der Waals surface area contributed by atoms with E-state index in [4.69, 9.17) is 5.73 Å². The quantitative estimate of drug-likeness (QED) is 0.867. The van der Waals surface area contributed by atoms with Crippen molar-refractivity contribution < 1.29 is 9.59 Å². The monoisotopic (exact) mass is 349 g/mol. The Balaban J connectivity index is 1.51. The van der Waals surface area contributed by atoms with Crippen LogP contribution in [0.15, 0.2) is 42.5 Å². The number of carbonyl (C=O) groups is 2. The third kappa shape index (κ3) is 2.94. The maximum absolute atomic E-state index is 12.9. The van der Waals surface area contributed by atoms with Crippen LogP contribution in [0.25, 0.3) is 0 Å². The summed E-state index contributed by atoms with van der Waals surface area (Å²) in [5.41, 5.74) is 10.9. The molecule has 2 aliphatic rings. The van der Waals surface area contributed by atoms with Crippen molar-refractivity contribution in [1.29, 1.82) is 0 Å². The average Bonchev–Trinajstić information content (AvgIpc) is 2.67. The molecule has 5 nitrogen and oxygen atoms in total. The van der Waals surface area contributed by atoms with Crippen LogP contribution in [-0.2, 0) is 22.4 Å². The summed E-state index contributed by atoms with van der Waals surface area (Å²) in [6.45, 7) is 1.13. The van der Waals surface area contributed by atoms with E-state index in [-0.39, 0.29) is 11.8 Å². The number of nitrogens with two attached hydrogens (primary N) is 1. The highest BCUT2D eigenvalue weighted by Crippen LogP contribution is 2.32. The predicted octanol–water partition coefficient (Wildman–Crippen LogP) is 2.92. The topological polar surface area (TPSA) is 66.6 Å². The highest BCUT2D eigenvalue weighted by molar-refractivity contribution is 5.99. The summed E-state index contributed by atoms with van der Waals surface area (Å²) >= 11 is 0. The third-order valence-corrected chi connectivity index (χ3v) is 5.33. The molecule has 134 valence electrons. The molecule has 0 fully saturated rings.